The van der Waals surface area contributed by atoms with E-state index in [9.17, 15) is 0 Å². The monoisotopic (exact) mass is 236 g/mol. The van der Waals surface area contributed by atoms with Gasteiger partial charge in [0, 0.05) is 26.2 Å². The Morgan fingerprint density at radius 1 is 0.647 bits per heavy atom. The van der Waals surface area contributed by atoms with Crippen LogP contribution in [0, 0.1) is 11.8 Å². The van der Waals surface area contributed by atoms with Crippen molar-refractivity contribution < 1.29 is 0 Å². The van der Waals surface area contributed by atoms with Crippen LogP contribution in [0.3, 0.4) is 0 Å². The lowest BCUT2D eigenvalue weighted by atomic mass is 9.82. The van der Waals surface area contributed by atoms with Gasteiger partial charge in [0.25, 0.3) is 0 Å². The van der Waals surface area contributed by atoms with E-state index in [2.05, 4.69) is 9.80 Å². The van der Waals surface area contributed by atoms with Crippen LogP contribution >= 0.6 is 0 Å². The number of rotatable bonds is 3. The summed E-state index contributed by atoms with van der Waals surface area (Å²) < 4.78 is 0. The first-order valence-corrected chi connectivity index (χ1v) is 7.86. The Morgan fingerprint density at radius 3 is 1.88 bits per heavy atom. The van der Waals surface area contributed by atoms with Crippen molar-refractivity contribution in [3.05, 3.63) is 0 Å². The predicted octanol–water partition coefficient (Wildman–Crippen LogP) is 2.59. The first kappa shape index (κ1) is 12.0. The molecule has 2 heteroatoms. The SMILES string of the molecule is C1CCN(CCN2C[C@@H]3CCCC[C@H]3C2)CC1. The molecule has 98 valence electrons. The molecule has 2 saturated heterocycles. The molecule has 3 fully saturated rings. The van der Waals surface area contributed by atoms with Gasteiger partial charge in [-0.3, -0.25) is 0 Å². The van der Waals surface area contributed by atoms with Gasteiger partial charge < -0.3 is 9.80 Å². The van der Waals surface area contributed by atoms with Crippen LogP contribution in [0.2, 0.25) is 0 Å². The molecule has 0 radical (unpaired) electrons. The van der Waals surface area contributed by atoms with Gasteiger partial charge in [-0.1, -0.05) is 19.3 Å². The van der Waals surface area contributed by atoms with Gasteiger partial charge in [-0.05, 0) is 50.6 Å². The maximum absolute atomic E-state index is 2.76. The van der Waals surface area contributed by atoms with E-state index in [-0.39, 0.29) is 0 Å². The summed E-state index contributed by atoms with van der Waals surface area (Å²) >= 11 is 0. The molecular formula is C15H28N2. The summed E-state index contributed by atoms with van der Waals surface area (Å²) in [5.41, 5.74) is 0. The lowest BCUT2D eigenvalue weighted by Crippen LogP contribution is -2.37. The molecule has 0 spiro atoms. The molecule has 1 aliphatic carbocycles. The van der Waals surface area contributed by atoms with E-state index in [0.29, 0.717) is 0 Å². The Morgan fingerprint density at radius 2 is 1.24 bits per heavy atom. The summed E-state index contributed by atoms with van der Waals surface area (Å²) in [6.45, 7) is 8.23. The molecule has 2 heterocycles. The van der Waals surface area contributed by atoms with Crippen LogP contribution in [-0.2, 0) is 0 Å². The number of fused-ring (bicyclic) bond motifs is 1. The highest BCUT2D eigenvalue weighted by Gasteiger charge is 2.33. The Labute approximate surface area is 106 Å². The maximum atomic E-state index is 2.76. The normalized spacial score (nSPS) is 36.0. The smallest absolute Gasteiger partial charge is 0.0110 e. The molecule has 3 rings (SSSR count). The van der Waals surface area contributed by atoms with Crippen molar-refractivity contribution >= 4 is 0 Å². The fourth-order valence-electron chi connectivity index (χ4n) is 4.15. The highest BCUT2D eigenvalue weighted by Crippen LogP contribution is 2.35. The largest absolute Gasteiger partial charge is 0.302 e. The van der Waals surface area contributed by atoms with Crippen LogP contribution in [0.25, 0.3) is 0 Å². The van der Waals surface area contributed by atoms with Crippen molar-refractivity contribution in [1.29, 1.82) is 0 Å². The van der Waals surface area contributed by atoms with E-state index in [1.165, 1.54) is 84.2 Å². The van der Waals surface area contributed by atoms with Gasteiger partial charge >= 0.3 is 0 Å². The number of likely N-dealkylation sites (tertiary alicyclic amines) is 2. The average molecular weight is 236 g/mol. The van der Waals surface area contributed by atoms with E-state index < -0.39 is 0 Å². The number of hydrogen-bond donors (Lipinski definition) is 0. The Kier molecular flexibility index (Phi) is 4.02. The molecule has 2 aliphatic heterocycles. The van der Waals surface area contributed by atoms with Crippen LogP contribution in [0.15, 0.2) is 0 Å². The van der Waals surface area contributed by atoms with E-state index >= 15 is 0 Å². The quantitative estimate of drug-likeness (QED) is 0.743. The van der Waals surface area contributed by atoms with E-state index in [4.69, 9.17) is 0 Å². The first-order valence-electron chi connectivity index (χ1n) is 7.86. The topological polar surface area (TPSA) is 6.48 Å². The van der Waals surface area contributed by atoms with Gasteiger partial charge in [-0.2, -0.15) is 0 Å². The van der Waals surface area contributed by atoms with Crippen LogP contribution < -0.4 is 0 Å². The van der Waals surface area contributed by atoms with Crippen molar-refractivity contribution in [3.8, 4) is 0 Å². The molecule has 0 amide bonds. The fraction of sp³-hybridized carbons (Fsp3) is 1.00. The third-order valence-corrected chi connectivity index (χ3v) is 5.23. The van der Waals surface area contributed by atoms with Gasteiger partial charge in [-0.15, -0.1) is 0 Å². The van der Waals surface area contributed by atoms with Gasteiger partial charge in [0.1, 0.15) is 0 Å². The van der Waals surface area contributed by atoms with Gasteiger partial charge in [0.05, 0.1) is 0 Å². The molecule has 0 N–H and O–H groups in total. The molecular weight excluding hydrogens is 208 g/mol. The zero-order valence-electron chi connectivity index (χ0n) is 11.2. The first-order chi connectivity index (χ1) is 8.42. The third kappa shape index (κ3) is 3.03. The third-order valence-electron chi connectivity index (χ3n) is 5.23. The van der Waals surface area contributed by atoms with Crippen LogP contribution in [0.1, 0.15) is 44.9 Å². The molecule has 0 aromatic carbocycles. The molecule has 0 unspecified atom stereocenters. The van der Waals surface area contributed by atoms with Crippen molar-refractivity contribution in [2.45, 2.75) is 44.9 Å². The van der Waals surface area contributed by atoms with E-state index in [1.54, 1.807) is 0 Å². The summed E-state index contributed by atoms with van der Waals surface area (Å²) in [5.74, 6) is 2.12. The standard InChI is InChI=1S/C15H28N2/c1-4-8-16(9-5-1)10-11-17-12-14-6-2-3-7-15(14)13-17/h14-15H,1-13H2/t14-,15-/m0/s1. The number of hydrogen-bond acceptors (Lipinski definition) is 2. The second-order valence-electron chi connectivity index (χ2n) is 6.47. The van der Waals surface area contributed by atoms with E-state index in [1.807, 2.05) is 0 Å². The van der Waals surface area contributed by atoms with Crippen LogP contribution in [0.5, 0.6) is 0 Å². The highest BCUT2D eigenvalue weighted by atomic mass is 15.2. The van der Waals surface area contributed by atoms with Gasteiger partial charge in [0.15, 0.2) is 0 Å². The molecule has 17 heavy (non-hydrogen) atoms. The second-order valence-corrected chi connectivity index (χ2v) is 6.47. The van der Waals surface area contributed by atoms with Crippen molar-refractivity contribution in [1.82, 2.24) is 9.80 Å². The molecule has 2 atom stereocenters. The van der Waals surface area contributed by atoms with Crippen molar-refractivity contribution in [2.75, 3.05) is 39.3 Å². The Bertz CT molecular complexity index is 221. The lowest BCUT2D eigenvalue weighted by molar-refractivity contribution is 0.193. The fourth-order valence-corrected chi connectivity index (χ4v) is 4.15. The predicted molar refractivity (Wildman–Crippen MR) is 72.2 cm³/mol. The minimum atomic E-state index is 1.06. The average Bonchev–Trinajstić information content (AvgIpc) is 2.80. The Balaban J connectivity index is 1.40. The summed E-state index contributed by atoms with van der Waals surface area (Å²) in [6.07, 6.45) is 10.4. The molecule has 0 aromatic rings. The van der Waals surface area contributed by atoms with Gasteiger partial charge in [0.2, 0.25) is 0 Å². The minimum absolute atomic E-state index is 1.06. The van der Waals surface area contributed by atoms with E-state index in [0.717, 1.165) is 11.8 Å². The molecule has 2 nitrogen and oxygen atoms in total. The molecule has 0 aromatic heterocycles. The zero-order valence-corrected chi connectivity index (χ0v) is 11.2. The minimum Gasteiger partial charge on any atom is -0.302 e. The molecule has 3 aliphatic rings. The maximum Gasteiger partial charge on any atom is 0.0110 e. The number of nitrogens with zero attached hydrogens (tertiary/aromatic N) is 2. The number of piperidine rings is 1. The summed E-state index contributed by atoms with van der Waals surface area (Å²) in [6, 6.07) is 0. The summed E-state index contributed by atoms with van der Waals surface area (Å²) in [4.78, 5) is 5.45. The van der Waals surface area contributed by atoms with Crippen molar-refractivity contribution in [3.63, 3.8) is 0 Å². The summed E-state index contributed by atoms with van der Waals surface area (Å²) in [7, 11) is 0. The summed E-state index contributed by atoms with van der Waals surface area (Å²) in [5, 5.41) is 0. The van der Waals surface area contributed by atoms with Crippen LogP contribution in [0.4, 0.5) is 0 Å². The zero-order chi connectivity index (χ0) is 11.5. The Hall–Kier alpha value is -0.0800. The molecule has 0 bridgehead atoms. The van der Waals surface area contributed by atoms with Crippen LogP contribution in [-0.4, -0.2) is 49.1 Å². The highest BCUT2D eigenvalue weighted by molar-refractivity contribution is 4.87. The van der Waals surface area contributed by atoms with Crippen molar-refractivity contribution in [2.24, 2.45) is 11.8 Å². The lowest BCUT2D eigenvalue weighted by Gasteiger charge is -2.28. The molecule has 1 saturated carbocycles. The van der Waals surface area contributed by atoms with Gasteiger partial charge in [-0.25, -0.2) is 0 Å². The second kappa shape index (κ2) is 5.71.